The molecule has 2 rings (SSSR count). The third-order valence-electron chi connectivity index (χ3n) is 3.31. The van der Waals surface area contributed by atoms with E-state index in [0.29, 0.717) is 5.92 Å². The average Bonchev–Trinajstić information content (AvgIpc) is 2.56. The van der Waals surface area contributed by atoms with Gasteiger partial charge < -0.3 is 10.1 Å². The molecular weight excluding hydrogens is 255 g/mol. The Hall–Kier alpha value is -1.23. The molecule has 0 saturated carbocycles. The van der Waals surface area contributed by atoms with Gasteiger partial charge in [0.25, 0.3) is 0 Å². The van der Waals surface area contributed by atoms with Gasteiger partial charge in [-0.2, -0.15) is 0 Å². The van der Waals surface area contributed by atoms with Gasteiger partial charge in [0.2, 0.25) is 0 Å². The Morgan fingerprint density at radius 2 is 2.11 bits per heavy atom. The van der Waals surface area contributed by atoms with Crippen molar-refractivity contribution in [1.82, 2.24) is 5.32 Å². The lowest BCUT2D eigenvalue weighted by molar-refractivity contribution is -0.274. The third-order valence-corrected chi connectivity index (χ3v) is 3.31. The summed E-state index contributed by atoms with van der Waals surface area (Å²) in [7, 11) is 0. The number of halogens is 3. The van der Waals surface area contributed by atoms with Crippen molar-refractivity contribution < 1.29 is 17.9 Å². The molecule has 0 unspecified atom stereocenters. The highest BCUT2D eigenvalue weighted by Crippen LogP contribution is 2.25. The van der Waals surface area contributed by atoms with Crippen LogP contribution in [0.15, 0.2) is 24.3 Å². The Morgan fingerprint density at radius 3 is 2.89 bits per heavy atom. The minimum Gasteiger partial charge on any atom is -0.406 e. The second-order valence-electron chi connectivity index (χ2n) is 4.97. The summed E-state index contributed by atoms with van der Waals surface area (Å²) in [4.78, 5) is 0. The molecule has 0 spiro atoms. The summed E-state index contributed by atoms with van der Waals surface area (Å²) in [6.45, 7) is 1.97. The maximum absolute atomic E-state index is 12.2. The van der Waals surface area contributed by atoms with Crippen LogP contribution in [0.4, 0.5) is 13.2 Å². The van der Waals surface area contributed by atoms with Crippen molar-refractivity contribution in [3.05, 3.63) is 29.8 Å². The number of rotatable bonds is 3. The molecule has 2 nitrogen and oxygen atoms in total. The van der Waals surface area contributed by atoms with Crippen LogP contribution in [0, 0.1) is 5.92 Å². The molecule has 0 aromatic heterocycles. The summed E-state index contributed by atoms with van der Waals surface area (Å²) in [5, 5.41) is 3.36. The SMILES string of the molecule is FC(F)(F)Oc1cccc(C[C@@H]2CCCCNC2)c1. The second-order valence-corrected chi connectivity index (χ2v) is 4.97. The van der Waals surface area contributed by atoms with Gasteiger partial charge in [-0.05, 0) is 56.0 Å². The fraction of sp³-hybridized carbons (Fsp3) is 0.571. The fourth-order valence-electron chi connectivity index (χ4n) is 2.47. The van der Waals surface area contributed by atoms with Crippen LogP contribution >= 0.6 is 0 Å². The van der Waals surface area contributed by atoms with E-state index in [-0.39, 0.29) is 5.75 Å². The predicted molar refractivity (Wildman–Crippen MR) is 67.0 cm³/mol. The average molecular weight is 273 g/mol. The Bertz CT molecular complexity index is 398. The molecule has 1 aliphatic heterocycles. The van der Waals surface area contributed by atoms with E-state index in [2.05, 4.69) is 10.1 Å². The molecule has 106 valence electrons. The largest absolute Gasteiger partial charge is 0.573 e. The van der Waals surface area contributed by atoms with Crippen LogP contribution in [0.25, 0.3) is 0 Å². The minimum absolute atomic E-state index is 0.133. The molecule has 1 saturated heterocycles. The number of ether oxygens (including phenoxy) is 1. The zero-order valence-electron chi connectivity index (χ0n) is 10.7. The molecule has 19 heavy (non-hydrogen) atoms. The molecule has 0 radical (unpaired) electrons. The highest BCUT2D eigenvalue weighted by molar-refractivity contribution is 5.29. The smallest absolute Gasteiger partial charge is 0.406 e. The van der Waals surface area contributed by atoms with Crippen molar-refractivity contribution in [1.29, 1.82) is 0 Å². The van der Waals surface area contributed by atoms with E-state index < -0.39 is 6.36 Å². The van der Waals surface area contributed by atoms with Crippen molar-refractivity contribution >= 4 is 0 Å². The van der Waals surface area contributed by atoms with Gasteiger partial charge in [-0.15, -0.1) is 13.2 Å². The van der Waals surface area contributed by atoms with Crippen LogP contribution in [0.5, 0.6) is 5.75 Å². The number of benzene rings is 1. The van der Waals surface area contributed by atoms with Crippen LogP contribution in [-0.4, -0.2) is 19.5 Å². The number of nitrogens with one attached hydrogen (secondary N) is 1. The highest BCUT2D eigenvalue weighted by atomic mass is 19.4. The first-order chi connectivity index (χ1) is 9.03. The van der Waals surface area contributed by atoms with E-state index in [4.69, 9.17) is 0 Å². The molecule has 5 heteroatoms. The number of hydrogen-bond donors (Lipinski definition) is 1. The molecule has 1 atom stereocenters. The second kappa shape index (κ2) is 6.28. The normalized spacial score (nSPS) is 20.9. The standard InChI is InChI=1S/C14H18F3NO/c15-14(16,17)19-13-6-3-5-11(9-13)8-12-4-1-2-7-18-10-12/h3,5-6,9,12,18H,1-2,4,7-8,10H2/t12-/m0/s1. The lowest BCUT2D eigenvalue weighted by atomic mass is 9.95. The Balaban J connectivity index is 1.98. The zero-order chi connectivity index (χ0) is 13.7. The van der Waals surface area contributed by atoms with Crippen LogP contribution in [0.2, 0.25) is 0 Å². The van der Waals surface area contributed by atoms with Crippen LogP contribution < -0.4 is 10.1 Å². The van der Waals surface area contributed by atoms with Crippen molar-refractivity contribution in [3.63, 3.8) is 0 Å². The van der Waals surface area contributed by atoms with Crippen molar-refractivity contribution in [2.45, 2.75) is 32.0 Å². The van der Waals surface area contributed by atoms with Crippen molar-refractivity contribution in [2.24, 2.45) is 5.92 Å². The topological polar surface area (TPSA) is 21.3 Å². The minimum atomic E-state index is -4.62. The first-order valence-electron chi connectivity index (χ1n) is 6.58. The third kappa shape index (κ3) is 5.11. The molecule has 1 aromatic carbocycles. The lowest BCUT2D eigenvalue weighted by Gasteiger charge is -2.15. The molecule has 1 N–H and O–H groups in total. The Morgan fingerprint density at radius 1 is 1.26 bits per heavy atom. The molecule has 1 aromatic rings. The van der Waals surface area contributed by atoms with Gasteiger partial charge in [0.1, 0.15) is 5.75 Å². The lowest BCUT2D eigenvalue weighted by Crippen LogP contribution is -2.22. The van der Waals surface area contributed by atoms with E-state index in [1.807, 2.05) is 6.07 Å². The van der Waals surface area contributed by atoms with E-state index in [0.717, 1.165) is 31.5 Å². The summed E-state index contributed by atoms with van der Waals surface area (Å²) in [5.41, 5.74) is 0.899. The number of hydrogen-bond acceptors (Lipinski definition) is 2. The quantitative estimate of drug-likeness (QED) is 0.909. The highest BCUT2D eigenvalue weighted by Gasteiger charge is 2.31. The maximum atomic E-state index is 12.2. The zero-order valence-corrected chi connectivity index (χ0v) is 10.7. The van der Waals surface area contributed by atoms with Gasteiger partial charge in [0.15, 0.2) is 0 Å². The monoisotopic (exact) mass is 273 g/mol. The molecule has 0 aliphatic carbocycles. The Kier molecular flexibility index (Phi) is 4.69. The molecular formula is C14H18F3NO. The van der Waals surface area contributed by atoms with Gasteiger partial charge in [-0.1, -0.05) is 18.6 Å². The molecule has 1 heterocycles. The van der Waals surface area contributed by atoms with Crippen LogP contribution in [-0.2, 0) is 6.42 Å². The summed E-state index contributed by atoms with van der Waals surface area (Å²) >= 11 is 0. The van der Waals surface area contributed by atoms with E-state index in [9.17, 15) is 13.2 Å². The number of alkyl halides is 3. The molecule has 1 aliphatic rings. The van der Waals surface area contributed by atoms with Gasteiger partial charge >= 0.3 is 6.36 Å². The van der Waals surface area contributed by atoms with Gasteiger partial charge in [0, 0.05) is 0 Å². The van der Waals surface area contributed by atoms with E-state index in [1.165, 1.54) is 25.0 Å². The fourth-order valence-corrected chi connectivity index (χ4v) is 2.47. The van der Waals surface area contributed by atoms with Gasteiger partial charge in [-0.25, -0.2) is 0 Å². The summed E-state index contributed by atoms with van der Waals surface area (Å²) < 4.78 is 40.4. The summed E-state index contributed by atoms with van der Waals surface area (Å²) in [6.07, 6.45) is -0.355. The van der Waals surface area contributed by atoms with Crippen molar-refractivity contribution in [3.8, 4) is 5.75 Å². The van der Waals surface area contributed by atoms with Crippen LogP contribution in [0.1, 0.15) is 24.8 Å². The van der Waals surface area contributed by atoms with E-state index >= 15 is 0 Å². The van der Waals surface area contributed by atoms with Crippen LogP contribution in [0.3, 0.4) is 0 Å². The first-order valence-corrected chi connectivity index (χ1v) is 6.58. The van der Waals surface area contributed by atoms with Crippen molar-refractivity contribution in [2.75, 3.05) is 13.1 Å². The molecule has 0 bridgehead atoms. The molecule has 1 fully saturated rings. The summed E-state index contributed by atoms with van der Waals surface area (Å²) in [5.74, 6) is 0.357. The first kappa shape index (κ1) is 14.2. The summed E-state index contributed by atoms with van der Waals surface area (Å²) in [6, 6.07) is 6.29. The van der Waals surface area contributed by atoms with Gasteiger partial charge in [0.05, 0.1) is 0 Å². The Labute approximate surface area is 111 Å². The molecule has 0 amide bonds. The van der Waals surface area contributed by atoms with Gasteiger partial charge in [-0.3, -0.25) is 0 Å². The predicted octanol–water partition coefficient (Wildman–Crippen LogP) is 3.52. The van der Waals surface area contributed by atoms with E-state index in [1.54, 1.807) is 6.07 Å². The maximum Gasteiger partial charge on any atom is 0.573 e.